The van der Waals surface area contributed by atoms with Crippen molar-refractivity contribution in [2.45, 2.75) is 18.6 Å². The predicted octanol–water partition coefficient (Wildman–Crippen LogP) is 8.67. The van der Waals surface area contributed by atoms with Gasteiger partial charge < -0.3 is 5.32 Å². The summed E-state index contributed by atoms with van der Waals surface area (Å²) in [7, 11) is 0. The van der Waals surface area contributed by atoms with Crippen molar-refractivity contribution in [1.29, 1.82) is 0 Å². The van der Waals surface area contributed by atoms with Crippen molar-refractivity contribution in [3.63, 3.8) is 0 Å². The van der Waals surface area contributed by atoms with Crippen molar-refractivity contribution in [3.05, 3.63) is 97.6 Å². The van der Waals surface area contributed by atoms with Crippen LogP contribution in [0.1, 0.15) is 22.6 Å². The molecule has 0 aliphatic carbocycles. The lowest BCUT2D eigenvalue weighted by atomic mass is 9.97. The van der Waals surface area contributed by atoms with E-state index in [0.717, 1.165) is 23.8 Å². The van der Waals surface area contributed by atoms with E-state index >= 15 is 0 Å². The van der Waals surface area contributed by atoms with Crippen LogP contribution in [0, 0.1) is 0 Å². The fourth-order valence-corrected chi connectivity index (χ4v) is 3.70. The Morgan fingerprint density at radius 2 is 1.65 bits per heavy atom. The fraction of sp³-hybridized carbons (Fsp3) is 0.136. The normalized spacial score (nSPS) is 12.9. The van der Waals surface area contributed by atoms with Crippen molar-refractivity contribution in [2.75, 3.05) is 5.32 Å². The van der Waals surface area contributed by atoms with Crippen molar-refractivity contribution in [2.24, 2.45) is 0 Å². The lowest BCUT2D eigenvalue weighted by Crippen LogP contribution is -2.19. The topological polar surface area (TPSA) is 24.9 Å². The number of nitrogens with zero attached hydrogens (tertiary/aromatic N) is 1. The van der Waals surface area contributed by atoms with Crippen molar-refractivity contribution in [1.82, 2.24) is 4.98 Å². The first-order chi connectivity index (χ1) is 14.6. The molecule has 2 aromatic carbocycles. The van der Waals surface area contributed by atoms with Crippen LogP contribution in [0.2, 0.25) is 20.1 Å². The lowest BCUT2D eigenvalue weighted by Gasteiger charge is -2.18. The Hall–Kier alpha value is -1.92. The van der Waals surface area contributed by atoms with Gasteiger partial charge in [0.1, 0.15) is 5.82 Å². The lowest BCUT2D eigenvalue weighted by molar-refractivity contribution is -0.139. The van der Waals surface area contributed by atoms with Gasteiger partial charge in [0.15, 0.2) is 0 Å². The smallest absolute Gasteiger partial charge is 0.366 e. The first-order valence-corrected chi connectivity index (χ1v) is 10.5. The molecule has 0 saturated carbocycles. The summed E-state index contributed by atoms with van der Waals surface area (Å²) in [4.78, 5) is 4.16. The van der Waals surface area contributed by atoms with E-state index in [4.69, 9.17) is 46.4 Å². The number of nitrogens with one attached hydrogen (secondary N) is 1. The summed E-state index contributed by atoms with van der Waals surface area (Å²) in [6.07, 6.45) is -0.493. The zero-order valence-corrected chi connectivity index (χ0v) is 18.8. The molecule has 0 bridgehead atoms. The molecule has 1 atom stereocenters. The monoisotopic (exact) mass is 504 g/mol. The highest BCUT2D eigenvalue weighted by atomic mass is 35.5. The maximum absolute atomic E-state index is 13.7. The molecule has 1 N–H and O–H groups in total. The Kier molecular flexibility index (Phi) is 7.76. The van der Waals surface area contributed by atoms with Gasteiger partial charge in [0.2, 0.25) is 0 Å². The molecule has 0 spiro atoms. The quantitative estimate of drug-likeness (QED) is 0.339. The van der Waals surface area contributed by atoms with Gasteiger partial charge in [-0.15, -0.1) is 0 Å². The molecule has 162 valence electrons. The summed E-state index contributed by atoms with van der Waals surface area (Å²) in [6, 6.07) is 12.8. The Balaban J connectivity index is 1.80. The van der Waals surface area contributed by atoms with E-state index in [9.17, 15) is 13.2 Å². The Labute approximate surface area is 197 Å². The third-order valence-corrected chi connectivity index (χ3v) is 5.95. The van der Waals surface area contributed by atoms with Crippen LogP contribution in [0.4, 0.5) is 19.0 Å². The summed E-state index contributed by atoms with van der Waals surface area (Å²) < 4.78 is 41.0. The number of benzene rings is 2. The zero-order valence-electron chi connectivity index (χ0n) is 15.7. The average Bonchev–Trinajstić information content (AvgIpc) is 2.71. The van der Waals surface area contributed by atoms with Crippen molar-refractivity contribution in [3.8, 4) is 0 Å². The largest absolute Gasteiger partial charge is 0.399 e. The van der Waals surface area contributed by atoms with E-state index in [-0.39, 0.29) is 20.6 Å². The number of hydrogen-bond donors (Lipinski definition) is 1. The minimum Gasteiger partial charge on any atom is -0.366 e. The molecule has 1 aromatic heterocycles. The Morgan fingerprint density at radius 1 is 0.935 bits per heavy atom. The number of allylic oxidation sites excluding steroid dienone is 1. The van der Waals surface area contributed by atoms with E-state index in [2.05, 4.69) is 10.3 Å². The van der Waals surface area contributed by atoms with Crippen LogP contribution >= 0.6 is 46.4 Å². The van der Waals surface area contributed by atoms with Gasteiger partial charge in [-0.1, -0.05) is 76.8 Å². The highest BCUT2D eigenvalue weighted by molar-refractivity contribution is 6.48. The van der Waals surface area contributed by atoms with Gasteiger partial charge in [-0.05, 0) is 47.0 Å². The third kappa shape index (κ3) is 6.30. The molecule has 0 aliphatic rings. The number of anilines is 1. The molecule has 3 aromatic rings. The second kappa shape index (κ2) is 10.1. The Bertz CT molecular complexity index is 1060. The molecule has 1 heterocycles. The van der Waals surface area contributed by atoms with Crippen LogP contribution in [-0.2, 0) is 6.54 Å². The van der Waals surface area contributed by atoms with E-state index in [1.54, 1.807) is 30.5 Å². The van der Waals surface area contributed by atoms with E-state index in [1.807, 2.05) is 12.1 Å². The number of rotatable bonds is 6. The SMILES string of the molecule is FC(F)(F)C(/C=C/c1ccc(CNc2ccccn2)c(Cl)c1)c1cc(Cl)c(Cl)c(Cl)c1. The minimum atomic E-state index is -4.55. The van der Waals surface area contributed by atoms with Crippen LogP contribution in [0.15, 0.2) is 60.8 Å². The number of alkyl halides is 3. The number of pyridine rings is 1. The van der Waals surface area contributed by atoms with Crippen LogP contribution in [0.3, 0.4) is 0 Å². The first kappa shape index (κ1) is 23.7. The summed E-state index contributed by atoms with van der Waals surface area (Å²) in [5.41, 5.74) is 1.20. The molecular formula is C22H15Cl4F3N2. The van der Waals surface area contributed by atoms with Gasteiger partial charge in [0.25, 0.3) is 0 Å². The fourth-order valence-electron chi connectivity index (χ4n) is 2.83. The second-order valence-corrected chi connectivity index (χ2v) is 8.20. The molecule has 0 radical (unpaired) electrons. The highest BCUT2D eigenvalue weighted by Gasteiger charge is 2.39. The molecule has 0 amide bonds. The maximum Gasteiger partial charge on any atom is 0.399 e. The molecule has 1 unspecified atom stereocenters. The van der Waals surface area contributed by atoms with Crippen LogP contribution in [0.25, 0.3) is 6.08 Å². The standard InChI is InChI=1S/C22H15Cl4F3N2/c23-17-9-13(4-6-14(17)12-31-20-3-1-2-8-30-20)5-7-16(22(27,28)29)15-10-18(24)21(26)19(25)11-15/h1-11,16H,12H2,(H,30,31)/b7-5+. The van der Waals surface area contributed by atoms with Crippen LogP contribution in [-0.4, -0.2) is 11.2 Å². The molecule has 3 rings (SSSR count). The minimum absolute atomic E-state index is 0.0127. The van der Waals surface area contributed by atoms with E-state index in [1.165, 1.54) is 6.08 Å². The number of aromatic nitrogens is 1. The summed E-state index contributed by atoms with van der Waals surface area (Å²) in [5.74, 6) is -1.22. The van der Waals surface area contributed by atoms with Gasteiger partial charge in [0.05, 0.1) is 21.0 Å². The second-order valence-electron chi connectivity index (χ2n) is 6.60. The first-order valence-electron chi connectivity index (χ1n) is 8.98. The van der Waals surface area contributed by atoms with E-state index < -0.39 is 12.1 Å². The summed E-state index contributed by atoms with van der Waals surface area (Å²) in [5, 5.41) is 3.48. The van der Waals surface area contributed by atoms with Crippen LogP contribution < -0.4 is 5.32 Å². The summed E-state index contributed by atoms with van der Waals surface area (Å²) >= 11 is 24.0. The molecule has 0 saturated heterocycles. The van der Waals surface area contributed by atoms with Gasteiger partial charge in [-0.25, -0.2) is 4.98 Å². The van der Waals surface area contributed by atoms with E-state index in [0.29, 0.717) is 22.9 Å². The highest BCUT2D eigenvalue weighted by Crippen LogP contribution is 2.41. The molecule has 31 heavy (non-hydrogen) atoms. The molecule has 0 aliphatic heterocycles. The van der Waals surface area contributed by atoms with Gasteiger partial charge in [-0.2, -0.15) is 13.2 Å². The predicted molar refractivity (Wildman–Crippen MR) is 122 cm³/mol. The van der Waals surface area contributed by atoms with Gasteiger partial charge >= 0.3 is 6.18 Å². The molecular weight excluding hydrogens is 491 g/mol. The van der Waals surface area contributed by atoms with Crippen molar-refractivity contribution < 1.29 is 13.2 Å². The van der Waals surface area contributed by atoms with Gasteiger partial charge in [0, 0.05) is 17.8 Å². The maximum atomic E-state index is 13.7. The third-order valence-electron chi connectivity index (χ3n) is 4.40. The van der Waals surface area contributed by atoms with Crippen LogP contribution in [0.5, 0.6) is 0 Å². The molecule has 9 heteroatoms. The number of hydrogen-bond acceptors (Lipinski definition) is 2. The van der Waals surface area contributed by atoms with Crippen molar-refractivity contribution >= 4 is 58.3 Å². The average molecular weight is 506 g/mol. The molecule has 2 nitrogen and oxygen atoms in total. The van der Waals surface area contributed by atoms with Gasteiger partial charge in [-0.3, -0.25) is 0 Å². The number of halogens is 7. The Morgan fingerprint density at radius 3 is 2.23 bits per heavy atom. The summed E-state index contributed by atoms with van der Waals surface area (Å²) in [6.45, 7) is 0.423. The molecule has 0 fully saturated rings. The zero-order chi connectivity index (χ0) is 22.6.